The summed E-state index contributed by atoms with van der Waals surface area (Å²) in [7, 11) is 0. The lowest BCUT2D eigenvalue weighted by atomic mass is 10.3. The van der Waals surface area contributed by atoms with Crippen LogP contribution in [0.3, 0.4) is 0 Å². The largest absolute Gasteiger partial charge is 0.333 e. The van der Waals surface area contributed by atoms with E-state index in [1.807, 2.05) is 0 Å². The van der Waals surface area contributed by atoms with Crippen molar-refractivity contribution < 1.29 is 19.2 Å². The van der Waals surface area contributed by atoms with Crippen LogP contribution in [0.4, 0.5) is 0 Å². The molecule has 1 aliphatic heterocycles. The van der Waals surface area contributed by atoms with Gasteiger partial charge >= 0.3 is 5.97 Å². The van der Waals surface area contributed by atoms with Crippen LogP contribution in [0.2, 0.25) is 0 Å². The van der Waals surface area contributed by atoms with E-state index in [0.29, 0.717) is 5.06 Å². The first kappa shape index (κ1) is 14.6. The molecule has 1 aliphatic rings. The number of nitrogens with one attached hydrogen (secondary N) is 2. The van der Waals surface area contributed by atoms with Gasteiger partial charge in [-0.2, -0.15) is 0 Å². The third-order valence-electron chi connectivity index (χ3n) is 2.09. The minimum Gasteiger partial charge on any atom is -0.330 e. The number of amides is 2. The maximum absolute atomic E-state index is 11.4. The van der Waals surface area contributed by atoms with Crippen molar-refractivity contribution in [3.05, 3.63) is 0 Å². The lowest BCUT2D eigenvalue weighted by molar-refractivity contribution is -0.197. The fourth-order valence-corrected chi connectivity index (χ4v) is 1.21. The van der Waals surface area contributed by atoms with E-state index in [-0.39, 0.29) is 37.4 Å². The van der Waals surface area contributed by atoms with Gasteiger partial charge in [-0.25, -0.2) is 4.79 Å². The van der Waals surface area contributed by atoms with Gasteiger partial charge in [-0.05, 0) is 6.92 Å². The zero-order valence-electron chi connectivity index (χ0n) is 10.3. The van der Waals surface area contributed by atoms with Crippen molar-refractivity contribution in [3.63, 3.8) is 0 Å². The summed E-state index contributed by atoms with van der Waals surface area (Å²) in [6.07, 6.45) is -0.179. The second-order valence-corrected chi connectivity index (χ2v) is 3.78. The van der Waals surface area contributed by atoms with Crippen LogP contribution < -0.4 is 0 Å². The zero-order valence-corrected chi connectivity index (χ0v) is 10.3. The highest BCUT2D eigenvalue weighted by Gasteiger charge is 2.32. The van der Waals surface area contributed by atoms with E-state index in [4.69, 9.17) is 10.8 Å². The summed E-state index contributed by atoms with van der Waals surface area (Å²) in [5, 5.41) is 21.5. The molecule has 19 heavy (non-hydrogen) atoms. The van der Waals surface area contributed by atoms with E-state index >= 15 is 0 Å². The molecule has 0 aromatic carbocycles. The highest BCUT2D eigenvalue weighted by molar-refractivity contribution is 6.01. The molecular formula is C10H13N5O4. The summed E-state index contributed by atoms with van der Waals surface area (Å²) in [5.41, 5.74) is 0. The Balaban J connectivity index is 2.36. The van der Waals surface area contributed by atoms with E-state index in [0.717, 1.165) is 0 Å². The van der Waals surface area contributed by atoms with Crippen molar-refractivity contribution in [2.24, 2.45) is 10.2 Å². The molecule has 0 bridgehead atoms. The molecule has 2 N–H and O–H groups in total. The van der Waals surface area contributed by atoms with Gasteiger partial charge in [-0.3, -0.25) is 20.4 Å². The molecule has 0 saturated carbocycles. The Morgan fingerprint density at radius 1 is 1.21 bits per heavy atom. The summed E-state index contributed by atoms with van der Waals surface area (Å²) in [6.45, 7) is 1.40. The van der Waals surface area contributed by atoms with E-state index in [9.17, 15) is 14.4 Å². The van der Waals surface area contributed by atoms with Crippen LogP contribution in [-0.2, 0) is 19.2 Å². The Morgan fingerprint density at radius 2 is 1.79 bits per heavy atom. The molecule has 9 nitrogen and oxygen atoms in total. The molecule has 0 atom stereocenters. The number of amidine groups is 2. The number of hydrogen-bond donors (Lipinski definition) is 2. The van der Waals surface area contributed by atoms with Gasteiger partial charge in [-0.1, -0.05) is 0 Å². The summed E-state index contributed by atoms with van der Waals surface area (Å²) in [5.74, 6) is -2.14. The molecule has 0 spiro atoms. The van der Waals surface area contributed by atoms with Gasteiger partial charge in [0, 0.05) is 19.3 Å². The molecule has 2 amide bonds. The smallest absolute Gasteiger partial charge is 0.330 e. The highest BCUT2D eigenvalue weighted by atomic mass is 16.7. The SMILES string of the molecule is CC(=N)/N=N\C(=N)CCC(=O)ON1C(=O)CCC1=O. The minimum absolute atomic E-state index is 0.0365. The zero-order chi connectivity index (χ0) is 14.4. The topological polar surface area (TPSA) is 136 Å². The number of hydroxylamine groups is 2. The Bertz CT molecular complexity index is 455. The van der Waals surface area contributed by atoms with Crippen LogP contribution in [0, 0.1) is 10.8 Å². The van der Waals surface area contributed by atoms with Crippen molar-refractivity contribution in [3.8, 4) is 0 Å². The summed E-state index contributed by atoms with van der Waals surface area (Å²) >= 11 is 0. The number of hydrogen-bond acceptors (Lipinski definition) is 6. The second kappa shape index (κ2) is 6.47. The molecule has 1 heterocycles. The maximum Gasteiger partial charge on any atom is 0.333 e. The molecule has 0 aliphatic carbocycles. The molecule has 1 saturated heterocycles. The fraction of sp³-hybridized carbons (Fsp3) is 0.500. The number of carbonyl (C=O) groups excluding carboxylic acids is 3. The maximum atomic E-state index is 11.4. The van der Waals surface area contributed by atoms with Crippen LogP contribution in [0.25, 0.3) is 0 Å². The van der Waals surface area contributed by atoms with Crippen LogP contribution in [0.15, 0.2) is 10.2 Å². The van der Waals surface area contributed by atoms with Gasteiger partial charge in [-0.15, -0.1) is 15.3 Å². The Hall–Kier alpha value is -2.45. The summed E-state index contributed by atoms with van der Waals surface area (Å²) in [6, 6.07) is 0. The molecule has 9 heteroatoms. The molecule has 1 fully saturated rings. The minimum atomic E-state index is -0.796. The number of nitrogens with zero attached hydrogens (tertiary/aromatic N) is 3. The average Bonchev–Trinajstić information content (AvgIpc) is 2.65. The first-order valence-electron chi connectivity index (χ1n) is 5.51. The van der Waals surface area contributed by atoms with Gasteiger partial charge in [0.2, 0.25) is 0 Å². The molecule has 0 aromatic heterocycles. The van der Waals surface area contributed by atoms with Crippen molar-refractivity contribution in [1.29, 1.82) is 10.8 Å². The van der Waals surface area contributed by atoms with Crippen molar-refractivity contribution in [1.82, 2.24) is 5.06 Å². The molecule has 102 valence electrons. The second-order valence-electron chi connectivity index (χ2n) is 3.78. The average molecular weight is 267 g/mol. The number of carbonyl (C=O) groups is 3. The van der Waals surface area contributed by atoms with Gasteiger partial charge in [0.1, 0.15) is 11.7 Å². The molecule has 0 unspecified atom stereocenters. The van der Waals surface area contributed by atoms with Crippen molar-refractivity contribution >= 4 is 29.5 Å². The first-order chi connectivity index (χ1) is 8.90. The van der Waals surface area contributed by atoms with Gasteiger partial charge in [0.05, 0.1) is 6.42 Å². The lowest BCUT2D eigenvalue weighted by Crippen LogP contribution is -2.32. The Labute approximate surface area is 108 Å². The normalized spacial score (nSPS) is 15.1. The van der Waals surface area contributed by atoms with E-state index in [1.165, 1.54) is 6.92 Å². The number of rotatable bonds is 4. The standard InChI is InChI=1S/C10H13N5O4/c1-6(11)13-14-7(12)2-5-10(18)19-15-8(16)3-4-9(15)17/h11-12H,2-5H2,1H3/b11-6?,12-7?,14-13-. The number of imide groups is 1. The summed E-state index contributed by atoms with van der Waals surface area (Å²) < 4.78 is 0. The van der Waals surface area contributed by atoms with Crippen LogP contribution in [0.5, 0.6) is 0 Å². The van der Waals surface area contributed by atoms with Gasteiger partial charge < -0.3 is 4.84 Å². The Kier molecular flexibility index (Phi) is 4.98. The van der Waals surface area contributed by atoms with Gasteiger partial charge in [0.25, 0.3) is 11.8 Å². The quantitative estimate of drug-likeness (QED) is 0.337. The van der Waals surface area contributed by atoms with Crippen molar-refractivity contribution in [2.45, 2.75) is 32.6 Å². The molecular weight excluding hydrogens is 254 g/mol. The van der Waals surface area contributed by atoms with Crippen LogP contribution in [0.1, 0.15) is 32.6 Å². The van der Waals surface area contributed by atoms with E-state index < -0.39 is 17.8 Å². The van der Waals surface area contributed by atoms with Crippen molar-refractivity contribution in [2.75, 3.05) is 0 Å². The predicted octanol–water partition coefficient (Wildman–Crippen LogP) is 0.800. The summed E-state index contributed by atoms with van der Waals surface area (Å²) in [4.78, 5) is 38.3. The Morgan fingerprint density at radius 3 is 2.32 bits per heavy atom. The van der Waals surface area contributed by atoms with Crippen LogP contribution in [-0.4, -0.2) is 34.5 Å². The molecule has 0 radical (unpaired) electrons. The third-order valence-corrected chi connectivity index (χ3v) is 2.09. The monoisotopic (exact) mass is 267 g/mol. The molecule has 1 rings (SSSR count). The fourth-order valence-electron chi connectivity index (χ4n) is 1.21. The van der Waals surface area contributed by atoms with Crippen LogP contribution >= 0.6 is 0 Å². The number of azo groups is 1. The first-order valence-corrected chi connectivity index (χ1v) is 5.51. The highest BCUT2D eigenvalue weighted by Crippen LogP contribution is 2.13. The lowest BCUT2D eigenvalue weighted by Gasteiger charge is -2.11. The van der Waals surface area contributed by atoms with Gasteiger partial charge in [0.15, 0.2) is 0 Å². The third kappa shape index (κ3) is 4.74. The molecule has 0 aromatic rings. The van der Waals surface area contributed by atoms with E-state index in [2.05, 4.69) is 15.1 Å². The predicted molar refractivity (Wildman–Crippen MR) is 62.4 cm³/mol. The van der Waals surface area contributed by atoms with E-state index in [1.54, 1.807) is 0 Å².